The van der Waals surface area contributed by atoms with Gasteiger partial charge in [0.05, 0.1) is 5.92 Å². The van der Waals surface area contributed by atoms with Crippen LogP contribution in [0.15, 0.2) is 11.6 Å². The quantitative estimate of drug-likeness (QED) is 0.462. The van der Waals surface area contributed by atoms with Gasteiger partial charge < -0.3 is 4.74 Å². The van der Waals surface area contributed by atoms with E-state index in [4.69, 9.17) is 4.74 Å². The van der Waals surface area contributed by atoms with Crippen LogP contribution in [0.2, 0.25) is 0 Å². The lowest BCUT2D eigenvalue weighted by Crippen LogP contribution is -2.51. The predicted molar refractivity (Wildman–Crippen MR) is 94.6 cm³/mol. The van der Waals surface area contributed by atoms with E-state index in [-0.39, 0.29) is 28.8 Å². The van der Waals surface area contributed by atoms with Gasteiger partial charge >= 0.3 is 5.97 Å². The van der Waals surface area contributed by atoms with Crippen LogP contribution in [0.3, 0.4) is 0 Å². The van der Waals surface area contributed by atoms with Crippen LogP contribution < -0.4 is 0 Å². The minimum absolute atomic E-state index is 0.0348. The summed E-state index contributed by atoms with van der Waals surface area (Å²) < 4.78 is 34.1. The van der Waals surface area contributed by atoms with Crippen molar-refractivity contribution < 1.29 is 18.3 Å². The average molecular weight is 364 g/mol. The molecule has 0 radical (unpaired) electrons. The second-order valence-electron chi connectivity index (χ2n) is 10.2. The van der Waals surface area contributed by atoms with Crippen LogP contribution in [0, 0.1) is 40.4 Å². The summed E-state index contributed by atoms with van der Waals surface area (Å²) in [5.74, 6) is -1.84. The highest BCUT2D eigenvalue weighted by Gasteiger charge is 2.74. The van der Waals surface area contributed by atoms with Crippen molar-refractivity contribution >= 4 is 5.97 Å². The van der Waals surface area contributed by atoms with E-state index in [2.05, 4.69) is 19.9 Å². The zero-order chi connectivity index (χ0) is 18.5. The first kappa shape index (κ1) is 17.2. The number of esters is 1. The van der Waals surface area contributed by atoms with Crippen LogP contribution in [0.25, 0.3) is 0 Å². The molecule has 0 heterocycles. The molecule has 4 fully saturated rings. The Hall–Kier alpha value is -0.930. The third-order valence-electron chi connectivity index (χ3n) is 9.26. The predicted octanol–water partition coefficient (Wildman–Crippen LogP) is 5.37. The number of carbonyl (C=O) groups is 1. The smallest absolute Gasteiger partial charge is 0.302 e. The first-order valence-corrected chi connectivity index (χ1v) is 10.4. The van der Waals surface area contributed by atoms with E-state index in [1.54, 1.807) is 0 Å². The molecule has 0 aromatic rings. The Morgan fingerprint density at radius 2 is 1.81 bits per heavy atom. The Balaban J connectivity index is 1.46. The third kappa shape index (κ3) is 1.99. The van der Waals surface area contributed by atoms with Gasteiger partial charge in [-0.2, -0.15) is 0 Å². The van der Waals surface area contributed by atoms with Gasteiger partial charge in [0, 0.05) is 18.3 Å². The summed E-state index contributed by atoms with van der Waals surface area (Å²) >= 11 is 0. The summed E-state index contributed by atoms with van der Waals surface area (Å²) in [7, 11) is 0. The van der Waals surface area contributed by atoms with Crippen molar-refractivity contribution in [3.8, 4) is 0 Å². The largest absolute Gasteiger partial charge is 0.462 e. The van der Waals surface area contributed by atoms with E-state index in [1.807, 2.05) is 0 Å². The molecule has 5 aliphatic rings. The lowest BCUT2D eigenvalue weighted by atomic mass is 9.48. The molecule has 0 saturated heterocycles. The zero-order valence-corrected chi connectivity index (χ0v) is 16.1. The Kier molecular flexibility index (Phi) is 3.38. The number of rotatable bonds is 1. The standard InChI is InChI=1S/C22H30F2O2/c1-12(25)26-18-7-6-14-13-4-5-16-19-17(22(19,23)24)9-10-20(16,2)15(13)8-11-21(14,18)3/h5,13-15,17-19H,4,6-11H2,1-3H3/t13-,14-,15-,17+,18-,19+,20+,21-/m0/s1. The summed E-state index contributed by atoms with van der Waals surface area (Å²) in [6.45, 7) is 6.09. The fourth-order valence-corrected chi connectivity index (χ4v) is 7.90. The molecule has 4 saturated carbocycles. The Morgan fingerprint density at radius 3 is 2.54 bits per heavy atom. The second-order valence-corrected chi connectivity index (χ2v) is 10.2. The number of alkyl halides is 2. The number of hydrogen-bond acceptors (Lipinski definition) is 2. The summed E-state index contributed by atoms with van der Waals surface area (Å²) in [5, 5.41) is 0. The minimum atomic E-state index is -2.45. The van der Waals surface area contributed by atoms with Gasteiger partial charge in [0.15, 0.2) is 0 Å². The third-order valence-corrected chi connectivity index (χ3v) is 9.26. The Bertz CT molecular complexity index is 686. The number of ether oxygens (including phenoxy) is 1. The fraction of sp³-hybridized carbons (Fsp3) is 0.864. The van der Waals surface area contributed by atoms with E-state index >= 15 is 0 Å². The number of halogens is 2. The van der Waals surface area contributed by atoms with Crippen LogP contribution in [0.5, 0.6) is 0 Å². The molecule has 5 aliphatic carbocycles. The Morgan fingerprint density at radius 1 is 1.08 bits per heavy atom. The van der Waals surface area contributed by atoms with Crippen LogP contribution in [-0.2, 0) is 9.53 Å². The first-order valence-electron chi connectivity index (χ1n) is 10.4. The average Bonchev–Trinajstić information content (AvgIpc) is 2.96. The van der Waals surface area contributed by atoms with Gasteiger partial charge in [0.2, 0.25) is 0 Å². The van der Waals surface area contributed by atoms with E-state index in [0.717, 1.165) is 44.1 Å². The van der Waals surface area contributed by atoms with Crippen LogP contribution in [-0.4, -0.2) is 18.0 Å². The molecular formula is C22H30F2O2. The van der Waals surface area contributed by atoms with Crippen LogP contribution in [0.4, 0.5) is 8.78 Å². The van der Waals surface area contributed by atoms with Crippen molar-refractivity contribution in [1.29, 1.82) is 0 Å². The molecule has 8 atom stereocenters. The van der Waals surface area contributed by atoms with Crippen LogP contribution >= 0.6 is 0 Å². The summed E-state index contributed by atoms with van der Waals surface area (Å²) in [4.78, 5) is 11.5. The van der Waals surface area contributed by atoms with Crippen molar-refractivity contribution in [2.24, 2.45) is 40.4 Å². The van der Waals surface area contributed by atoms with Crippen molar-refractivity contribution in [3.63, 3.8) is 0 Å². The second kappa shape index (κ2) is 5.11. The molecule has 2 nitrogen and oxygen atoms in total. The number of fused-ring (bicyclic) bond motifs is 7. The molecule has 0 unspecified atom stereocenters. The normalized spacial score (nSPS) is 53.5. The lowest BCUT2D eigenvalue weighted by molar-refractivity contribution is -0.156. The molecule has 0 bridgehead atoms. The van der Waals surface area contributed by atoms with Gasteiger partial charge in [0.25, 0.3) is 5.92 Å². The molecule has 0 aliphatic heterocycles. The highest BCUT2D eigenvalue weighted by Crippen LogP contribution is 2.73. The first-order chi connectivity index (χ1) is 12.2. The topological polar surface area (TPSA) is 26.3 Å². The number of hydrogen-bond donors (Lipinski definition) is 0. The molecule has 0 aromatic carbocycles. The summed E-state index contributed by atoms with van der Waals surface area (Å²) in [5.41, 5.74) is 1.12. The maximum Gasteiger partial charge on any atom is 0.302 e. The van der Waals surface area contributed by atoms with Crippen molar-refractivity contribution in [2.45, 2.75) is 77.7 Å². The fourth-order valence-electron chi connectivity index (χ4n) is 7.90. The van der Waals surface area contributed by atoms with Gasteiger partial charge in [-0.05, 0) is 68.1 Å². The monoisotopic (exact) mass is 364 g/mol. The minimum Gasteiger partial charge on any atom is -0.462 e. The van der Waals surface area contributed by atoms with Gasteiger partial charge in [0.1, 0.15) is 6.10 Å². The molecule has 26 heavy (non-hydrogen) atoms. The summed E-state index contributed by atoms with van der Waals surface area (Å²) in [6.07, 6.45) is 9.02. The highest BCUT2D eigenvalue weighted by molar-refractivity contribution is 5.66. The van der Waals surface area contributed by atoms with E-state index < -0.39 is 11.8 Å². The van der Waals surface area contributed by atoms with Gasteiger partial charge in [-0.15, -0.1) is 0 Å². The molecule has 144 valence electrons. The molecule has 0 N–H and O–H groups in total. The number of allylic oxidation sites excluding steroid dienone is 2. The highest BCUT2D eigenvalue weighted by atomic mass is 19.3. The molecule has 5 rings (SSSR count). The maximum absolute atomic E-state index is 14.2. The maximum atomic E-state index is 14.2. The molecule has 4 heteroatoms. The van der Waals surface area contributed by atoms with Crippen molar-refractivity contribution in [3.05, 3.63) is 11.6 Å². The van der Waals surface area contributed by atoms with Gasteiger partial charge in [-0.3, -0.25) is 4.79 Å². The molecular weight excluding hydrogens is 334 g/mol. The van der Waals surface area contributed by atoms with Crippen molar-refractivity contribution in [2.75, 3.05) is 0 Å². The van der Waals surface area contributed by atoms with E-state index in [9.17, 15) is 13.6 Å². The SMILES string of the molecule is CC(=O)O[C@H]1CC[C@H]2[C@@H]3CC=C4[C@@H]5[C@@H](CC[C@]4(C)[C@H]3CC[C@]12C)C5(F)F. The van der Waals surface area contributed by atoms with Crippen LogP contribution in [0.1, 0.15) is 65.7 Å². The molecule has 0 amide bonds. The van der Waals surface area contributed by atoms with E-state index in [1.165, 1.54) is 6.92 Å². The van der Waals surface area contributed by atoms with Crippen molar-refractivity contribution in [1.82, 2.24) is 0 Å². The zero-order valence-electron chi connectivity index (χ0n) is 16.1. The lowest BCUT2D eigenvalue weighted by Gasteiger charge is -2.57. The van der Waals surface area contributed by atoms with Gasteiger partial charge in [-0.25, -0.2) is 8.78 Å². The summed E-state index contributed by atoms with van der Waals surface area (Å²) in [6, 6.07) is 0. The van der Waals surface area contributed by atoms with E-state index in [0.29, 0.717) is 24.2 Å². The van der Waals surface area contributed by atoms with Gasteiger partial charge in [-0.1, -0.05) is 25.5 Å². The molecule has 0 spiro atoms. The number of carbonyl (C=O) groups excluding carboxylic acids is 1. The Labute approximate surface area is 154 Å². The molecule has 0 aromatic heterocycles.